The first-order valence-corrected chi connectivity index (χ1v) is 12.6. The van der Waals surface area contributed by atoms with Crippen LogP contribution in [0.2, 0.25) is 0 Å². The molecule has 3 heterocycles. The molecule has 7 heteroatoms. The largest absolute Gasteiger partial charge is 0.488 e. The Kier molecular flexibility index (Phi) is 7.26. The molecule has 0 spiro atoms. The van der Waals surface area contributed by atoms with Gasteiger partial charge < -0.3 is 15.2 Å². The summed E-state index contributed by atoms with van der Waals surface area (Å²) in [4.78, 5) is 19.6. The van der Waals surface area contributed by atoms with E-state index in [1.807, 2.05) is 39.2 Å². The third kappa shape index (κ3) is 6.49. The summed E-state index contributed by atoms with van der Waals surface area (Å²) in [5.41, 5.74) is 1.76. The number of hydrogen-bond donors (Lipinski definition) is 2. The Bertz CT molecular complexity index is 1040. The molecule has 4 rings (SSSR count). The lowest BCUT2D eigenvalue weighted by Crippen LogP contribution is -2.36. The fourth-order valence-electron chi connectivity index (χ4n) is 4.12. The van der Waals surface area contributed by atoms with Gasteiger partial charge in [0.05, 0.1) is 22.9 Å². The molecule has 1 aliphatic heterocycles. The second kappa shape index (κ2) is 10.1. The van der Waals surface area contributed by atoms with Gasteiger partial charge in [-0.2, -0.15) is 0 Å². The predicted molar refractivity (Wildman–Crippen MR) is 132 cm³/mol. The van der Waals surface area contributed by atoms with Crippen molar-refractivity contribution in [3.05, 3.63) is 39.8 Å². The van der Waals surface area contributed by atoms with Gasteiger partial charge in [-0.05, 0) is 78.1 Å². The molecule has 2 aromatic rings. The van der Waals surface area contributed by atoms with Gasteiger partial charge in [0.2, 0.25) is 0 Å². The zero-order chi connectivity index (χ0) is 23.4. The summed E-state index contributed by atoms with van der Waals surface area (Å²) in [5, 5.41) is 13.1. The fourth-order valence-corrected chi connectivity index (χ4v) is 4.93. The summed E-state index contributed by atoms with van der Waals surface area (Å²) in [7, 11) is 0. The maximum Gasteiger partial charge on any atom is 0.348 e. The van der Waals surface area contributed by atoms with Gasteiger partial charge in [0.15, 0.2) is 0 Å². The normalized spacial score (nSPS) is 20.9. The molecular weight excluding hydrogens is 434 g/mol. The Hall–Kier alpha value is -2.56. The van der Waals surface area contributed by atoms with Gasteiger partial charge in [-0.25, -0.2) is 4.79 Å². The van der Waals surface area contributed by atoms with Crippen molar-refractivity contribution in [1.82, 2.24) is 9.88 Å². The van der Waals surface area contributed by atoms with Gasteiger partial charge >= 0.3 is 5.97 Å². The van der Waals surface area contributed by atoms with Crippen LogP contribution in [0.15, 0.2) is 24.5 Å². The highest BCUT2D eigenvalue weighted by Gasteiger charge is 2.26. The molecule has 2 N–H and O–H groups in total. The Morgan fingerprint density at radius 3 is 2.70 bits per heavy atom. The molecular formula is C26H33N3O3S. The highest BCUT2D eigenvalue weighted by Crippen LogP contribution is 2.32. The summed E-state index contributed by atoms with van der Waals surface area (Å²) in [5.74, 6) is 6.31. The Morgan fingerprint density at radius 2 is 2.06 bits per heavy atom. The average molecular weight is 468 g/mol. The maximum atomic E-state index is 11.8. The van der Waals surface area contributed by atoms with Crippen LogP contribution in [0.4, 0.5) is 5.69 Å². The topological polar surface area (TPSA) is 74.7 Å². The van der Waals surface area contributed by atoms with Crippen LogP contribution in [0.5, 0.6) is 5.75 Å². The van der Waals surface area contributed by atoms with Crippen molar-refractivity contribution >= 4 is 23.0 Å². The number of aromatic nitrogens is 1. The Morgan fingerprint density at radius 1 is 1.30 bits per heavy atom. The van der Waals surface area contributed by atoms with Crippen molar-refractivity contribution in [1.29, 1.82) is 0 Å². The second-order valence-electron chi connectivity index (χ2n) is 10.0. The van der Waals surface area contributed by atoms with Crippen LogP contribution in [0, 0.1) is 17.3 Å². The number of likely N-dealkylation sites (tertiary alicyclic amines) is 1. The molecule has 2 aromatic heterocycles. The number of carboxylic acid groups (broad SMARTS) is 1. The summed E-state index contributed by atoms with van der Waals surface area (Å²) >= 11 is 1.24. The molecule has 0 aromatic carbocycles. The first kappa shape index (κ1) is 23.6. The standard InChI is InChI=1S/C26H33N3O3S/c1-26(2,3)11-9-21-15-22(24(33-21)25(30)31)28-19-5-7-20(8-6-19)32-23-16-27-12-10-18(23)17-29-13-4-14-29/h10,12,15-16,19-20,28H,4-8,13-14,17H2,1-3H3,(H,30,31)/t19-,20-. The first-order valence-electron chi connectivity index (χ1n) is 11.8. The van der Waals surface area contributed by atoms with Crippen molar-refractivity contribution in [2.45, 2.75) is 71.6 Å². The van der Waals surface area contributed by atoms with Crippen LogP contribution in [0.3, 0.4) is 0 Å². The lowest BCUT2D eigenvalue weighted by atomic mass is 9.92. The number of aromatic carboxylic acids is 1. The monoisotopic (exact) mass is 467 g/mol. The van der Waals surface area contributed by atoms with Crippen LogP contribution >= 0.6 is 11.3 Å². The van der Waals surface area contributed by atoms with E-state index in [0.717, 1.165) is 55.9 Å². The molecule has 0 amide bonds. The molecule has 33 heavy (non-hydrogen) atoms. The van der Waals surface area contributed by atoms with Crippen LogP contribution in [-0.2, 0) is 6.54 Å². The molecule has 0 unspecified atom stereocenters. The van der Waals surface area contributed by atoms with Crippen LogP contribution in [-0.4, -0.2) is 46.2 Å². The van der Waals surface area contributed by atoms with Crippen LogP contribution in [0.1, 0.15) is 73.0 Å². The summed E-state index contributed by atoms with van der Waals surface area (Å²) in [6.07, 6.45) is 8.84. The van der Waals surface area contributed by atoms with Crippen molar-refractivity contribution in [2.75, 3.05) is 18.4 Å². The van der Waals surface area contributed by atoms with Gasteiger partial charge in [0.25, 0.3) is 0 Å². The zero-order valence-corrected chi connectivity index (χ0v) is 20.5. The fraction of sp³-hybridized carbons (Fsp3) is 0.538. The number of anilines is 1. The summed E-state index contributed by atoms with van der Waals surface area (Å²) < 4.78 is 6.36. The lowest BCUT2D eigenvalue weighted by molar-refractivity contribution is 0.0703. The molecule has 176 valence electrons. The van der Waals surface area contributed by atoms with Crippen molar-refractivity contribution < 1.29 is 14.6 Å². The van der Waals surface area contributed by atoms with Gasteiger partial charge in [-0.1, -0.05) is 11.8 Å². The number of hydrogen-bond acceptors (Lipinski definition) is 6. The molecule has 6 nitrogen and oxygen atoms in total. The third-order valence-corrected chi connectivity index (χ3v) is 7.07. The zero-order valence-electron chi connectivity index (χ0n) is 19.7. The number of nitrogens with one attached hydrogen (secondary N) is 1. The van der Waals surface area contributed by atoms with E-state index in [-0.39, 0.29) is 17.6 Å². The predicted octanol–water partition coefficient (Wildman–Crippen LogP) is 5.25. The number of rotatable bonds is 7. The molecule has 2 fully saturated rings. The Balaban J connectivity index is 1.35. The number of ether oxygens (including phenoxy) is 1. The van der Waals surface area contributed by atoms with E-state index in [0.29, 0.717) is 10.6 Å². The van der Waals surface area contributed by atoms with Crippen molar-refractivity contribution in [3.63, 3.8) is 0 Å². The molecule has 0 radical (unpaired) electrons. The van der Waals surface area contributed by atoms with E-state index in [2.05, 4.69) is 33.1 Å². The third-order valence-electron chi connectivity index (χ3n) is 6.03. The molecule has 1 aliphatic carbocycles. The van der Waals surface area contributed by atoms with E-state index in [1.165, 1.54) is 23.3 Å². The van der Waals surface area contributed by atoms with Gasteiger partial charge in [-0.3, -0.25) is 9.88 Å². The molecule has 2 aliphatic rings. The number of nitrogens with zero attached hydrogens (tertiary/aromatic N) is 2. The van der Waals surface area contributed by atoms with Crippen LogP contribution in [0.25, 0.3) is 0 Å². The van der Waals surface area contributed by atoms with Crippen molar-refractivity contribution in [3.8, 4) is 17.6 Å². The van der Waals surface area contributed by atoms with Gasteiger partial charge in [0.1, 0.15) is 10.6 Å². The first-order chi connectivity index (χ1) is 15.8. The summed E-state index contributed by atoms with van der Waals surface area (Å²) in [6.45, 7) is 9.37. The average Bonchev–Trinajstić information content (AvgIpc) is 3.14. The summed E-state index contributed by atoms with van der Waals surface area (Å²) in [6, 6.07) is 4.17. The highest BCUT2D eigenvalue weighted by atomic mass is 32.1. The van der Waals surface area contributed by atoms with E-state index in [1.54, 1.807) is 0 Å². The maximum absolute atomic E-state index is 11.8. The minimum atomic E-state index is -0.908. The quantitative estimate of drug-likeness (QED) is 0.542. The van der Waals surface area contributed by atoms with E-state index in [4.69, 9.17) is 4.74 Å². The van der Waals surface area contributed by atoms with E-state index < -0.39 is 5.97 Å². The second-order valence-corrected chi connectivity index (χ2v) is 11.1. The van der Waals surface area contributed by atoms with E-state index >= 15 is 0 Å². The number of carbonyl (C=O) groups is 1. The molecule has 1 saturated carbocycles. The highest BCUT2D eigenvalue weighted by molar-refractivity contribution is 7.15. The Labute approximate surface area is 200 Å². The van der Waals surface area contributed by atoms with Gasteiger partial charge in [-0.15, -0.1) is 11.3 Å². The minimum absolute atomic E-state index is 0.122. The molecule has 1 saturated heterocycles. The van der Waals surface area contributed by atoms with Crippen LogP contribution < -0.4 is 10.1 Å². The number of carboxylic acids is 1. The van der Waals surface area contributed by atoms with E-state index in [9.17, 15) is 9.90 Å². The lowest BCUT2D eigenvalue weighted by Gasteiger charge is -2.33. The number of pyridine rings is 1. The SMILES string of the molecule is CC(C)(C)C#Cc1cc(N[C@H]2CC[C@H](Oc3cnccc3CN3CCC3)CC2)c(C(=O)O)s1. The number of thiophene rings is 1. The minimum Gasteiger partial charge on any atom is -0.488 e. The smallest absolute Gasteiger partial charge is 0.348 e. The van der Waals surface area contributed by atoms with Crippen molar-refractivity contribution in [2.24, 2.45) is 5.41 Å². The molecule has 0 bridgehead atoms. The van der Waals surface area contributed by atoms with Gasteiger partial charge in [0, 0.05) is 29.8 Å². The molecule has 0 atom stereocenters.